The van der Waals surface area contributed by atoms with Gasteiger partial charge in [-0.05, 0) is 29.3 Å². The zero-order chi connectivity index (χ0) is 11.5. The van der Waals surface area contributed by atoms with Crippen LogP contribution in [-0.2, 0) is 6.61 Å². The molecule has 16 heavy (non-hydrogen) atoms. The van der Waals surface area contributed by atoms with E-state index >= 15 is 0 Å². The van der Waals surface area contributed by atoms with Gasteiger partial charge in [-0.15, -0.1) is 0 Å². The summed E-state index contributed by atoms with van der Waals surface area (Å²) in [5, 5.41) is 9.09. The molecule has 0 spiro atoms. The summed E-state index contributed by atoms with van der Waals surface area (Å²) in [6.07, 6.45) is 1.27. The van der Waals surface area contributed by atoms with E-state index in [1.54, 1.807) is 6.07 Å². The summed E-state index contributed by atoms with van der Waals surface area (Å²) in [5.74, 6) is -1.17. The van der Waals surface area contributed by atoms with Crippen molar-refractivity contribution in [3.63, 3.8) is 0 Å². The number of nitrogens with zero attached hydrogens (tertiary/aromatic N) is 1. The molecule has 4 heteroatoms. The predicted octanol–water partition coefficient (Wildman–Crippen LogP) is 2.52. The minimum Gasteiger partial charge on any atom is -0.392 e. The Kier molecular flexibility index (Phi) is 2.92. The maximum Gasteiger partial charge on any atom is 0.221 e. The van der Waals surface area contributed by atoms with Crippen molar-refractivity contribution >= 4 is 0 Å². The molecule has 0 bridgehead atoms. The highest BCUT2D eigenvalue weighted by Gasteiger charge is 2.11. The monoisotopic (exact) mass is 221 g/mol. The first-order valence-corrected chi connectivity index (χ1v) is 4.72. The van der Waals surface area contributed by atoms with Gasteiger partial charge in [0.1, 0.15) is 5.82 Å². The normalized spacial score (nSPS) is 10.4. The molecule has 0 saturated heterocycles. The minimum atomic E-state index is -0.711. The van der Waals surface area contributed by atoms with Crippen molar-refractivity contribution in [1.82, 2.24) is 4.98 Å². The lowest BCUT2D eigenvalue weighted by Crippen LogP contribution is -1.96. The van der Waals surface area contributed by atoms with Crippen molar-refractivity contribution in [2.75, 3.05) is 0 Å². The quantitative estimate of drug-likeness (QED) is 0.790. The molecule has 2 nitrogen and oxygen atoms in total. The second-order valence-electron chi connectivity index (χ2n) is 3.30. The Morgan fingerprint density at radius 2 is 2.00 bits per heavy atom. The Labute approximate surface area is 91.2 Å². The molecule has 1 aromatic heterocycles. The number of aliphatic hydroxyl groups is 1. The molecule has 1 aromatic carbocycles. The van der Waals surface area contributed by atoms with Gasteiger partial charge in [0.15, 0.2) is 0 Å². The number of aliphatic hydroxyl groups excluding tert-OH is 1. The number of pyridine rings is 1. The van der Waals surface area contributed by atoms with E-state index in [2.05, 4.69) is 4.98 Å². The second kappa shape index (κ2) is 4.37. The van der Waals surface area contributed by atoms with Crippen LogP contribution in [0.5, 0.6) is 0 Å². The molecule has 0 amide bonds. The van der Waals surface area contributed by atoms with Crippen molar-refractivity contribution < 1.29 is 13.9 Å². The largest absolute Gasteiger partial charge is 0.392 e. The van der Waals surface area contributed by atoms with Gasteiger partial charge in [0, 0.05) is 11.8 Å². The average molecular weight is 221 g/mol. The first-order valence-electron chi connectivity index (χ1n) is 4.72. The van der Waals surface area contributed by atoms with Crippen LogP contribution in [0.4, 0.5) is 8.78 Å². The van der Waals surface area contributed by atoms with E-state index in [-0.39, 0.29) is 12.2 Å². The molecule has 0 saturated carbocycles. The van der Waals surface area contributed by atoms with E-state index in [0.717, 1.165) is 0 Å². The van der Waals surface area contributed by atoms with E-state index in [9.17, 15) is 8.78 Å². The lowest BCUT2D eigenvalue weighted by atomic mass is 10.0. The van der Waals surface area contributed by atoms with Gasteiger partial charge in [-0.2, -0.15) is 4.39 Å². The van der Waals surface area contributed by atoms with Gasteiger partial charge in [0.2, 0.25) is 5.95 Å². The van der Waals surface area contributed by atoms with Crippen LogP contribution in [0, 0.1) is 11.8 Å². The molecule has 0 radical (unpaired) electrons. The van der Waals surface area contributed by atoms with Crippen molar-refractivity contribution in [3.05, 3.63) is 53.9 Å². The standard InChI is InChI=1S/C12H9F2NO/c13-10-3-1-2-8(6-10)11-9(7-16)4-5-15-12(11)14/h1-6,16H,7H2. The van der Waals surface area contributed by atoms with Gasteiger partial charge in [0.05, 0.1) is 6.61 Å². The van der Waals surface area contributed by atoms with Crippen molar-refractivity contribution in [2.24, 2.45) is 0 Å². The Morgan fingerprint density at radius 3 is 2.69 bits per heavy atom. The topological polar surface area (TPSA) is 33.1 Å². The summed E-state index contributed by atoms with van der Waals surface area (Å²) in [7, 11) is 0. The van der Waals surface area contributed by atoms with Crippen LogP contribution < -0.4 is 0 Å². The Morgan fingerprint density at radius 1 is 1.19 bits per heavy atom. The SMILES string of the molecule is OCc1ccnc(F)c1-c1cccc(F)c1. The third-order valence-electron chi connectivity index (χ3n) is 2.27. The fourth-order valence-electron chi connectivity index (χ4n) is 1.55. The number of benzene rings is 1. The number of rotatable bonds is 2. The van der Waals surface area contributed by atoms with Crippen LogP contribution in [0.3, 0.4) is 0 Å². The van der Waals surface area contributed by atoms with Crippen molar-refractivity contribution in [1.29, 1.82) is 0 Å². The van der Waals surface area contributed by atoms with Gasteiger partial charge in [0.25, 0.3) is 0 Å². The van der Waals surface area contributed by atoms with E-state index in [0.29, 0.717) is 11.1 Å². The maximum absolute atomic E-state index is 13.5. The molecule has 1 N–H and O–H groups in total. The van der Waals surface area contributed by atoms with Gasteiger partial charge >= 0.3 is 0 Å². The predicted molar refractivity (Wildman–Crippen MR) is 55.5 cm³/mol. The van der Waals surface area contributed by atoms with E-state index in [1.165, 1.54) is 30.5 Å². The Bertz CT molecular complexity index is 514. The van der Waals surface area contributed by atoms with E-state index in [4.69, 9.17) is 5.11 Å². The fourth-order valence-corrected chi connectivity index (χ4v) is 1.55. The molecule has 82 valence electrons. The van der Waals surface area contributed by atoms with Crippen LogP contribution >= 0.6 is 0 Å². The molecule has 0 aliphatic heterocycles. The minimum absolute atomic E-state index is 0.143. The summed E-state index contributed by atoms with van der Waals surface area (Å²) >= 11 is 0. The van der Waals surface area contributed by atoms with Crippen LogP contribution in [0.25, 0.3) is 11.1 Å². The van der Waals surface area contributed by atoms with Crippen molar-refractivity contribution in [2.45, 2.75) is 6.61 Å². The summed E-state index contributed by atoms with van der Waals surface area (Å²) in [4.78, 5) is 3.49. The third-order valence-corrected chi connectivity index (χ3v) is 2.27. The lowest BCUT2D eigenvalue weighted by molar-refractivity contribution is 0.281. The number of halogens is 2. The highest BCUT2D eigenvalue weighted by molar-refractivity contribution is 5.66. The highest BCUT2D eigenvalue weighted by atomic mass is 19.1. The smallest absolute Gasteiger partial charge is 0.221 e. The molecule has 2 aromatic rings. The molecular weight excluding hydrogens is 212 g/mol. The molecule has 0 aliphatic rings. The van der Waals surface area contributed by atoms with Crippen LogP contribution in [0.2, 0.25) is 0 Å². The fraction of sp³-hybridized carbons (Fsp3) is 0.0833. The molecule has 0 aliphatic carbocycles. The molecule has 0 unspecified atom stereocenters. The first kappa shape index (κ1) is 10.7. The van der Waals surface area contributed by atoms with E-state index in [1.807, 2.05) is 0 Å². The van der Waals surface area contributed by atoms with Crippen LogP contribution in [0.15, 0.2) is 36.5 Å². The second-order valence-corrected chi connectivity index (χ2v) is 3.30. The zero-order valence-electron chi connectivity index (χ0n) is 8.32. The highest BCUT2D eigenvalue weighted by Crippen LogP contribution is 2.26. The van der Waals surface area contributed by atoms with Gasteiger partial charge in [-0.1, -0.05) is 12.1 Å². The summed E-state index contributed by atoms with van der Waals surface area (Å²) in [6.45, 7) is -0.314. The van der Waals surface area contributed by atoms with Gasteiger partial charge in [-0.3, -0.25) is 0 Å². The Balaban J connectivity index is 2.63. The van der Waals surface area contributed by atoms with Crippen LogP contribution in [-0.4, -0.2) is 10.1 Å². The van der Waals surface area contributed by atoms with E-state index < -0.39 is 11.8 Å². The van der Waals surface area contributed by atoms with Crippen molar-refractivity contribution in [3.8, 4) is 11.1 Å². The molecule has 1 heterocycles. The first-order chi connectivity index (χ1) is 7.72. The maximum atomic E-state index is 13.5. The average Bonchev–Trinajstić information content (AvgIpc) is 2.28. The molecule has 0 fully saturated rings. The van der Waals surface area contributed by atoms with Crippen LogP contribution in [0.1, 0.15) is 5.56 Å². The summed E-state index contributed by atoms with van der Waals surface area (Å²) in [5.41, 5.74) is 0.900. The Hall–Kier alpha value is -1.81. The zero-order valence-corrected chi connectivity index (χ0v) is 8.32. The van der Waals surface area contributed by atoms with Gasteiger partial charge in [-0.25, -0.2) is 9.37 Å². The van der Waals surface area contributed by atoms with Gasteiger partial charge < -0.3 is 5.11 Å². The molecule has 0 atom stereocenters. The lowest BCUT2D eigenvalue weighted by Gasteiger charge is -2.07. The summed E-state index contributed by atoms with van der Waals surface area (Å²) < 4.78 is 26.5. The summed E-state index contributed by atoms with van der Waals surface area (Å²) in [6, 6.07) is 7.04. The number of hydrogen-bond donors (Lipinski definition) is 1. The third kappa shape index (κ3) is 1.92. The molecular formula is C12H9F2NO. The number of aromatic nitrogens is 1. The molecule has 2 rings (SSSR count). The number of hydrogen-bond acceptors (Lipinski definition) is 2.